The van der Waals surface area contributed by atoms with Gasteiger partial charge in [-0.05, 0) is 50.5 Å². The van der Waals surface area contributed by atoms with Crippen molar-refractivity contribution in [1.82, 2.24) is 9.88 Å². The van der Waals surface area contributed by atoms with Crippen molar-refractivity contribution in [2.75, 3.05) is 44.9 Å². The van der Waals surface area contributed by atoms with Gasteiger partial charge in [0.15, 0.2) is 5.13 Å². The summed E-state index contributed by atoms with van der Waals surface area (Å²) in [6.45, 7) is 1.26. The minimum absolute atomic E-state index is 0. The molecule has 0 atom stereocenters. The number of thiazole rings is 1. The molecule has 5 nitrogen and oxygen atoms in total. The fraction of sp³-hybridized carbons (Fsp3) is 0.300. The standard InChI is InChI=1S/C20H22FN3O2S2.ClH/c1-23(2)11-12-24(18(25)13-27-15-9-7-14(21)8-10-15)20-22-19-16(26-3)5-4-6-17(19)28-20;/h4-10H,11-13H2,1-3H3;1H. The van der Waals surface area contributed by atoms with Gasteiger partial charge in [0.1, 0.15) is 17.1 Å². The highest BCUT2D eigenvalue weighted by Gasteiger charge is 2.21. The zero-order chi connectivity index (χ0) is 20.1. The second-order valence-corrected chi connectivity index (χ2v) is 8.45. The molecule has 3 aromatic rings. The van der Waals surface area contributed by atoms with Gasteiger partial charge in [-0.3, -0.25) is 9.69 Å². The van der Waals surface area contributed by atoms with Gasteiger partial charge < -0.3 is 9.64 Å². The molecule has 0 spiro atoms. The highest BCUT2D eigenvalue weighted by molar-refractivity contribution is 8.00. The topological polar surface area (TPSA) is 45.7 Å². The Morgan fingerprint density at radius 3 is 2.55 bits per heavy atom. The van der Waals surface area contributed by atoms with Gasteiger partial charge in [-0.15, -0.1) is 24.2 Å². The first-order chi connectivity index (χ1) is 13.5. The maximum atomic E-state index is 13.1. The molecule has 0 saturated carbocycles. The zero-order valence-corrected chi connectivity index (χ0v) is 18.9. The molecule has 0 radical (unpaired) electrons. The van der Waals surface area contributed by atoms with E-state index in [9.17, 15) is 9.18 Å². The van der Waals surface area contributed by atoms with Gasteiger partial charge in [0, 0.05) is 18.0 Å². The van der Waals surface area contributed by atoms with E-state index in [4.69, 9.17) is 4.74 Å². The van der Waals surface area contributed by atoms with Gasteiger partial charge in [0.25, 0.3) is 0 Å². The summed E-state index contributed by atoms with van der Waals surface area (Å²) >= 11 is 2.86. The number of hydrogen-bond acceptors (Lipinski definition) is 6. The Morgan fingerprint density at radius 2 is 1.90 bits per heavy atom. The number of carbonyl (C=O) groups is 1. The first-order valence-corrected chi connectivity index (χ1v) is 10.5. The molecule has 9 heteroatoms. The van der Waals surface area contributed by atoms with Crippen molar-refractivity contribution < 1.29 is 13.9 Å². The van der Waals surface area contributed by atoms with Crippen LogP contribution in [-0.2, 0) is 4.79 Å². The average Bonchev–Trinajstić information content (AvgIpc) is 3.11. The smallest absolute Gasteiger partial charge is 0.239 e. The van der Waals surface area contributed by atoms with E-state index in [0.717, 1.165) is 21.7 Å². The number of benzene rings is 2. The number of para-hydroxylation sites is 1. The molecule has 0 aliphatic carbocycles. The van der Waals surface area contributed by atoms with Gasteiger partial charge in [0.2, 0.25) is 5.91 Å². The number of ether oxygens (including phenoxy) is 1. The minimum atomic E-state index is -0.285. The van der Waals surface area contributed by atoms with Crippen LogP contribution in [0.25, 0.3) is 10.2 Å². The molecule has 0 bridgehead atoms. The summed E-state index contributed by atoms with van der Waals surface area (Å²) in [5.74, 6) is 0.633. The lowest BCUT2D eigenvalue weighted by molar-refractivity contribution is -0.116. The molecule has 2 aromatic carbocycles. The van der Waals surface area contributed by atoms with Gasteiger partial charge in [-0.2, -0.15) is 0 Å². The predicted octanol–water partition coefficient (Wildman–Crippen LogP) is 4.55. The molecule has 1 amide bonds. The van der Waals surface area contributed by atoms with Crippen molar-refractivity contribution in [2.24, 2.45) is 0 Å². The third-order valence-corrected chi connectivity index (χ3v) is 6.11. The van der Waals surface area contributed by atoms with E-state index in [-0.39, 0.29) is 29.9 Å². The van der Waals surface area contributed by atoms with Crippen LogP contribution in [0.15, 0.2) is 47.4 Å². The summed E-state index contributed by atoms with van der Waals surface area (Å²) in [4.78, 5) is 22.3. The van der Waals surface area contributed by atoms with Crippen LogP contribution in [0.5, 0.6) is 5.75 Å². The first kappa shape index (κ1) is 23.4. The number of rotatable bonds is 8. The van der Waals surface area contributed by atoms with Crippen molar-refractivity contribution >= 4 is 56.8 Å². The van der Waals surface area contributed by atoms with E-state index in [1.165, 1.54) is 35.2 Å². The average molecular weight is 456 g/mol. The number of aromatic nitrogens is 1. The third kappa shape index (κ3) is 6.05. The lowest BCUT2D eigenvalue weighted by Crippen LogP contribution is -2.37. The molecular weight excluding hydrogens is 433 g/mol. The van der Waals surface area contributed by atoms with E-state index in [2.05, 4.69) is 4.98 Å². The number of methoxy groups -OCH3 is 1. The number of amides is 1. The summed E-state index contributed by atoms with van der Waals surface area (Å²) in [6.07, 6.45) is 0. The number of anilines is 1. The zero-order valence-electron chi connectivity index (χ0n) is 16.4. The quantitative estimate of drug-likeness (QED) is 0.466. The third-order valence-electron chi connectivity index (χ3n) is 4.07. The van der Waals surface area contributed by atoms with E-state index >= 15 is 0 Å². The Kier molecular flexibility index (Phi) is 8.70. The number of halogens is 2. The SMILES string of the molecule is COc1cccc2sc(N(CCN(C)C)C(=O)CSc3ccc(F)cc3)nc12.Cl. The van der Waals surface area contributed by atoms with Crippen LogP contribution in [0.4, 0.5) is 9.52 Å². The van der Waals surface area contributed by atoms with Gasteiger partial charge in [-0.1, -0.05) is 17.4 Å². The normalized spacial score (nSPS) is 10.8. The van der Waals surface area contributed by atoms with E-state index < -0.39 is 0 Å². The molecule has 156 valence electrons. The predicted molar refractivity (Wildman–Crippen MR) is 121 cm³/mol. The van der Waals surface area contributed by atoms with Gasteiger partial charge in [-0.25, -0.2) is 9.37 Å². The van der Waals surface area contributed by atoms with Gasteiger partial charge in [0.05, 0.1) is 17.6 Å². The molecule has 0 saturated heterocycles. The van der Waals surface area contributed by atoms with Crippen LogP contribution in [-0.4, -0.2) is 55.8 Å². The fourth-order valence-electron chi connectivity index (χ4n) is 2.57. The molecular formula is C20H23ClFN3O2S2. The van der Waals surface area contributed by atoms with Crippen LogP contribution in [0.1, 0.15) is 0 Å². The largest absolute Gasteiger partial charge is 0.494 e. The van der Waals surface area contributed by atoms with Crippen LogP contribution >= 0.6 is 35.5 Å². The molecule has 0 aliphatic heterocycles. The summed E-state index contributed by atoms with van der Waals surface area (Å²) in [5, 5.41) is 0.658. The Bertz CT molecular complexity index is 951. The van der Waals surface area contributed by atoms with Gasteiger partial charge >= 0.3 is 0 Å². The minimum Gasteiger partial charge on any atom is -0.494 e. The van der Waals surface area contributed by atoms with Crippen molar-refractivity contribution in [3.05, 3.63) is 48.3 Å². The number of thioether (sulfide) groups is 1. The maximum Gasteiger partial charge on any atom is 0.239 e. The Balaban J connectivity index is 0.00000300. The van der Waals surface area contributed by atoms with Crippen LogP contribution in [0.3, 0.4) is 0 Å². The summed E-state index contributed by atoms with van der Waals surface area (Å²) in [7, 11) is 5.55. The summed E-state index contributed by atoms with van der Waals surface area (Å²) < 4.78 is 19.4. The van der Waals surface area contributed by atoms with E-state index in [1.54, 1.807) is 24.1 Å². The highest BCUT2D eigenvalue weighted by atomic mass is 35.5. The fourth-order valence-corrected chi connectivity index (χ4v) is 4.37. The Labute approximate surface area is 184 Å². The van der Waals surface area contributed by atoms with Crippen molar-refractivity contribution in [1.29, 1.82) is 0 Å². The Morgan fingerprint density at radius 1 is 1.17 bits per heavy atom. The van der Waals surface area contributed by atoms with Crippen LogP contribution < -0.4 is 9.64 Å². The molecule has 0 fully saturated rings. The Hall–Kier alpha value is -1.87. The number of carbonyl (C=O) groups excluding carboxylic acids is 1. The molecule has 0 N–H and O–H groups in total. The molecule has 1 aromatic heterocycles. The maximum absolute atomic E-state index is 13.1. The lowest BCUT2D eigenvalue weighted by atomic mass is 10.3. The highest BCUT2D eigenvalue weighted by Crippen LogP contribution is 2.34. The lowest BCUT2D eigenvalue weighted by Gasteiger charge is -2.21. The number of nitrogens with zero attached hydrogens (tertiary/aromatic N) is 3. The van der Waals surface area contributed by atoms with E-state index in [1.807, 2.05) is 37.2 Å². The van der Waals surface area contributed by atoms with Crippen molar-refractivity contribution in [2.45, 2.75) is 4.90 Å². The number of likely N-dealkylation sites (N-methyl/N-ethyl adjacent to an activating group) is 1. The molecule has 0 unspecified atom stereocenters. The molecule has 29 heavy (non-hydrogen) atoms. The second kappa shape index (κ2) is 10.8. The first-order valence-electron chi connectivity index (χ1n) is 8.75. The van der Waals surface area contributed by atoms with E-state index in [0.29, 0.717) is 17.4 Å². The monoisotopic (exact) mass is 455 g/mol. The van der Waals surface area contributed by atoms with Crippen molar-refractivity contribution in [3.63, 3.8) is 0 Å². The van der Waals surface area contributed by atoms with Crippen molar-refractivity contribution in [3.8, 4) is 5.75 Å². The molecule has 0 aliphatic rings. The molecule has 3 rings (SSSR count). The number of hydrogen-bond donors (Lipinski definition) is 0. The summed E-state index contributed by atoms with van der Waals surface area (Å²) in [6, 6.07) is 11.9. The van der Waals surface area contributed by atoms with Crippen LogP contribution in [0, 0.1) is 5.82 Å². The molecule has 1 heterocycles. The number of fused-ring (bicyclic) bond motifs is 1. The van der Waals surface area contributed by atoms with Crippen LogP contribution in [0.2, 0.25) is 0 Å². The second-order valence-electron chi connectivity index (χ2n) is 6.39. The summed E-state index contributed by atoms with van der Waals surface area (Å²) in [5.41, 5.74) is 0.763.